The van der Waals surface area contributed by atoms with Gasteiger partial charge in [-0.1, -0.05) is 12.1 Å². The highest BCUT2D eigenvalue weighted by atomic mass is 32.2. The van der Waals surface area contributed by atoms with E-state index in [0.717, 1.165) is 62.4 Å². The Bertz CT molecular complexity index is 641. The van der Waals surface area contributed by atoms with Crippen LogP contribution in [-0.2, 0) is 11.3 Å². The Morgan fingerprint density at radius 3 is 2.59 bits per heavy atom. The fraction of sp³-hybridized carbons (Fsp3) is 0.632. The second-order valence-electron chi connectivity index (χ2n) is 7.50. The maximum Gasteiger partial charge on any atom is 0.269 e. The van der Waals surface area contributed by atoms with Crippen LogP contribution in [0.2, 0.25) is 0 Å². The number of amides is 1. The topological polar surface area (TPSA) is 101 Å². The minimum Gasteiger partial charge on any atom is -0.331 e. The van der Waals surface area contributed by atoms with Gasteiger partial charge in [0, 0.05) is 37.0 Å². The van der Waals surface area contributed by atoms with Crippen molar-refractivity contribution in [1.29, 1.82) is 0 Å². The minimum atomic E-state index is -0.378. The molecule has 3 N–H and O–H groups in total. The Balaban J connectivity index is 1.37. The van der Waals surface area contributed by atoms with Gasteiger partial charge in [-0.25, -0.2) is 0 Å². The highest BCUT2D eigenvalue weighted by Gasteiger charge is 2.28. The van der Waals surface area contributed by atoms with Gasteiger partial charge in [-0.3, -0.25) is 14.9 Å². The van der Waals surface area contributed by atoms with Gasteiger partial charge in [0.05, 0.1) is 16.8 Å². The van der Waals surface area contributed by atoms with Gasteiger partial charge in [0.1, 0.15) is 0 Å². The number of nitrogens with zero attached hydrogens (tertiary/aromatic N) is 2. The molecule has 7 nitrogen and oxygen atoms in total. The molecule has 0 radical (unpaired) electrons. The lowest BCUT2D eigenvalue weighted by atomic mass is 9.82. The van der Waals surface area contributed by atoms with Crippen LogP contribution in [0.3, 0.4) is 0 Å². The average molecular weight is 393 g/mol. The first-order valence-electron chi connectivity index (χ1n) is 9.61. The van der Waals surface area contributed by atoms with E-state index in [1.165, 1.54) is 0 Å². The molecule has 0 bridgehead atoms. The SMILES string of the molecule is N[C@@H](C[C@H]1CC[C@@H](NCc2ccc([N+](=O)[O-])cc2)CC1)C(=O)N1CCSC1. The molecule has 1 aliphatic carbocycles. The van der Waals surface area contributed by atoms with Crippen LogP contribution in [0.5, 0.6) is 0 Å². The second kappa shape index (κ2) is 9.52. The number of hydrogen-bond donors (Lipinski definition) is 2. The van der Waals surface area contributed by atoms with Crippen molar-refractivity contribution in [2.45, 2.75) is 50.7 Å². The van der Waals surface area contributed by atoms with Gasteiger partial charge in [-0.05, 0) is 43.6 Å². The van der Waals surface area contributed by atoms with Crippen molar-refractivity contribution in [2.24, 2.45) is 11.7 Å². The summed E-state index contributed by atoms with van der Waals surface area (Å²) < 4.78 is 0. The fourth-order valence-corrected chi connectivity index (χ4v) is 4.84. The van der Waals surface area contributed by atoms with E-state index in [-0.39, 0.29) is 22.6 Å². The Morgan fingerprint density at radius 1 is 1.30 bits per heavy atom. The van der Waals surface area contributed by atoms with E-state index in [2.05, 4.69) is 5.32 Å². The van der Waals surface area contributed by atoms with E-state index in [0.29, 0.717) is 12.0 Å². The molecule has 3 rings (SSSR count). The molecule has 0 spiro atoms. The van der Waals surface area contributed by atoms with Crippen molar-refractivity contribution >= 4 is 23.4 Å². The quantitative estimate of drug-likeness (QED) is 0.546. The summed E-state index contributed by atoms with van der Waals surface area (Å²) in [5, 5.41) is 14.2. The van der Waals surface area contributed by atoms with E-state index < -0.39 is 0 Å². The molecule has 1 saturated carbocycles. The lowest BCUT2D eigenvalue weighted by molar-refractivity contribution is -0.384. The van der Waals surface area contributed by atoms with Crippen molar-refractivity contribution in [2.75, 3.05) is 18.2 Å². The Morgan fingerprint density at radius 2 is 2.00 bits per heavy atom. The monoisotopic (exact) mass is 392 g/mol. The molecule has 2 fully saturated rings. The molecule has 0 unspecified atom stereocenters. The number of rotatable bonds is 7. The summed E-state index contributed by atoms with van der Waals surface area (Å²) in [5.74, 6) is 2.44. The molecule has 2 aliphatic rings. The predicted molar refractivity (Wildman–Crippen MR) is 107 cm³/mol. The highest BCUT2D eigenvalue weighted by Crippen LogP contribution is 2.28. The van der Waals surface area contributed by atoms with E-state index in [9.17, 15) is 14.9 Å². The summed E-state index contributed by atoms with van der Waals surface area (Å²) in [4.78, 5) is 24.5. The van der Waals surface area contributed by atoms with Crippen LogP contribution in [0.25, 0.3) is 0 Å². The Kier molecular flexibility index (Phi) is 7.09. The van der Waals surface area contributed by atoms with Gasteiger partial charge in [0.2, 0.25) is 5.91 Å². The number of carbonyl (C=O) groups is 1. The number of nitro benzene ring substituents is 1. The average Bonchev–Trinajstić information content (AvgIpc) is 3.22. The first-order chi connectivity index (χ1) is 13.0. The molecule has 27 heavy (non-hydrogen) atoms. The summed E-state index contributed by atoms with van der Waals surface area (Å²) in [7, 11) is 0. The van der Waals surface area contributed by atoms with Crippen molar-refractivity contribution in [1.82, 2.24) is 10.2 Å². The van der Waals surface area contributed by atoms with Crippen LogP contribution < -0.4 is 11.1 Å². The molecule has 1 aliphatic heterocycles. The van der Waals surface area contributed by atoms with Crippen molar-refractivity contribution < 1.29 is 9.72 Å². The number of hydrogen-bond acceptors (Lipinski definition) is 6. The van der Waals surface area contributed by atoms with Crippen LogP contribution in [-0.4, -0.2) is 46.0 Å². The summed E-state index contributed by atoms with van der Waals surface area (Å²) in [6.45, 7) is 1.55. The molecule has 0 aromatic heterocycles. The number of thioether (sulfide) groups is 1. The molecule has 1 atom stereocenters. The third-order valence-electron chi connectivity index (χ3n) is 5.56. The number of nitrogens with two attached hydrogens (primary N) is 1. The van der Waals surface area contributed by atoms with E-state index >= 15 is 0 Å². The van der Waals surface area contributed by atoms with Crippen molar-refractivity contribution in [3.63, 3.8) is 0 Å². The zero-order valence-electron chi connectivity index (χ0n) is 15.5. The molecule has 1 aromatic rings. The highest BCUT2D eigenvalue weighted by molar-refractivity contribution is 7.99. The van der Waals surface area contributed by atoms with Gasteiger partial charge in [0.15, 0.2) is 0 Å². The first-order valence-corrected chi connectivity index (χ1v) is 10.8. The zero-order chi connectivity index (χ0) is 19.2. The summed E-state index contributed by atoms with van der Waals surface area (Å²) in [6, 6.07) is 6.79. The molecule has 1 heterocycles. The molecule has 1 amide bonds. The van der Waals surface area contributed by atoms with Gasteiger partial charge in [0.25, 0.3) is 5.69 Å². The largest absolute Gasteiger partial charge is 0.331 e. The number of benzene rings is 1. The van der Waals surface area contributed by atoms with Gasteiger partial charge >= 0.3 is 0 Å². The lowest BCUT2D eigenvalue weighted by Crippen LogP contribution is -2.44. The standard InChI is InChI=1S/C19H28N4O3S/c20-18(19(24)22-9-10-27-13-22)11-14-1-5-16(6-2-14)21-12-15-3-7-17(8-4-15)23(25)26/h3-4,7-8,14,16,18,21H,1-2,5-6,9-13,20H2/t14-,16+,18-/m0/s1. The van der Waals surface area contributed by atoms with Crippen LogP contribution in [0, 0.1) is 16.0 Å². The molecule has 1 aromatic carbocycles. The lowest BCUT2D eigenvalue weighted by Gasteiger charge is -2.31. The van der Waals surface area contributed by atoms with E-state index in [4.69, 9.17) is 5.73 Å². The third kappa shape index (κ3) is 5.67. The second-order valence-corrected chi connectivity index (χ2v) is 8.58. The van der Waals surface area contributed by atoms with Crippen LogP contribution in [0.4, 0.5) is 5.69 Å². The predicted octanol–water partition coefficient (Wildman–Crippen LogP) is 2.49. The molecule has 1 saturated heterocycles. The fourth-order valence-electron chi connectivity index (χ4n) is 3.88. The molecule has 148 valence electrons. The molecular formula is C19H28N4O3S. The van der Waals surface area contributed by atoms with Crippen molar-refractivity contribution in [3.8, 4) is 0 Å². The van der Waals surface area contributed by atoms with Gasteiger partial charge in [-0.2, -0.15) is 0 Å². The molecule has 8 heteroatoms. The Hall–Kier alpha value is -1.64. The number of nitro groups is 1. The zero-order valence-corrected chi connectivity index (χ0v) is 16.3. The number of nitrogens with one attached hydrogen (secondary N) is 1. The Labute approximate surface area is 164 Å². The summed E-state index contributed by atoms with van der Waals surface area (Å²) in [5.41, 5.74) is 7.34. The van der Waals surface area contributed by atoms with Crippen LogP contribution >= 0.6 is 11.8 Å². The van der Waals surface area contributed by atoms with Crippen molar-refractivity contribution in [3.05, 3.63) is 39.9 Å². The van der Waals surface area contributed by atoms with Gasteiger partial charge < -0.3 is 16.0 Å². The van der Waals surface area contributed by atoms with E-state index in [1.54, 1.807) is 36.0 Å². The first kappa shape index (κ1) is 20.1. The van der Waals surface area contributed by atoms with Gasteiger partial charge in [-0.15, -0.1) is 11.8 Å². The summed E-state index contributed by atoms with van der Waals surface area (Å²) >= 11 is 1.79. The number of non-ortho nitro benzene ring substituents is 1. The van der Waals surface area contributed by atoms with Crippen LogP contribution in [0.15, 0.2) is 24.3 Å². The maximum absolute atomic E-state index is 12.3. The van der Waals surface area contributed by atoms with Crippen LogP contribution in [0.1, 0.15) is 37.7 Å². The smallest absolute Gasteiger partial charge is 0.269 e. The summed E-state index contributed by atoms with van der Waals surface area (Å²) in [6.07, 6.45) is 5.13. The third-order valence-corrected chi connectivity index (χ3v) is 6.52. The molecular weight excluding hydrogens is 364 g/mol. The minimum absolute atomic E-state index is 0.110. The maximum atomic E-state index is 12.3. The number of carbonyl (C=O) groups excluding carboxylic acids is 1. The normalized spacial score (nSPS) is 24.0. The van der Waals surface area contributed by atoms with E-state index in [1.807, 2.05) is 4.90 Å².